The van der Waals surface area contributed by atoms with Crippen LogP contribution >= 0.6 is 0 Å². The molecule has 0 aliphatic heterocycles. The largest absolute Gasteiger partial charge is 0.507 e. The van der Waals surface area contributed by atoms with Gasteiger partial charge in [0.15, 0.2) is 0 Å². The van der Waals surface area contributed by atoms with E-state index in [1.165, 1.54) is 5.56 Å². The Hall–Kier alpha value is -1.24. The first kappa shape index (κ1) is 9.85. The molecule has 1 aromatic carbocycles. The molecule has 0 spiro atoms. The highest BCUT2D eigenvalue weighted by atomic mass is 16.3. The Balaban J connectivity index is 3.56. The molecule has 0 aliphatic rings. The second-order valence-corrected chi connectivity index (χ2v) is 3.64. The number of hydrogen-bond donors (Lipinski definition) is 1. The normalized spacial score (nSPS) is 10.2. The molecule has 0 heterocycles. The van der Waals surface area contributed by atoms with Crippen molar-refractivity contribution in [1.29, 1.82) is 0 Å². The summed E-state index contributed by atoms with van der Waals surface area (Å²) in [5.41, 5.74) is 5.06. The van der Waals surface area contributed by atoms with Crippen molar-refractivity contribution < 1.29 is 5.11 Å². The summed E-state index contributed by atoms with van der Waals surface area (Å²) < 4.78 is 0. The van der Waals surface area contributed by atoms with Gasteiger partial charge < -0.3 is 5.11 Å². The highest BCUT2D eigenvalue weighted by Crippen LogP contribution is 2.32. The summed E-state index contributed by atoms with van der Waals surface area (Å²) in [5.74, 6) is 0.371. The molecular weight excluding hydrogens is 160 g/mol. The molecule has 0 aliphatic carbocycles. The third kappa shape index (κ3) is 1.59. The number of rotatable bonds is 1. The van der Waals surface area contributed by atoms with Gasteiger partial charge in [0, 0.05) is 5.56 Å². The van der Waals surface area contributed by atoms with Gasteiger partial charge in [0.05, 0.1) is 0 Å². The van der Waals surface area contributed by atoms with Crippen LogP contribution in [0.15, 0.2) is 12.6 Å². The first-order valence-corrected chi connectivity index (χ1v) is 4.40. The summed E-state index contributed by atoms with van der Waals surface area (Å²) in [6, 6.07) is 2.00. The third-order valence-corrected chi connectivity index (χ3v) is 2.44. The highest BCUT2D eigenvalue weighted by Gasteiger charge is 2.10. The van der Waals surface area contributed by atoms with E-state index in [1.54, 1.807) is 0 Å². The predicted molar refractivity (Wildman–Crippen MR) is 57.0 cm³/mol. The molecule has 0 saturated carbocycles. The Morgan fingerprint density at radius 2 is 1.77 bits per heavy atom. The zero-order chi connectivity index (χ0) is 10.2. The van der Waals surface area contributed by atoms with Crippen molar-refractivity contribution in [3.05, 3.63) is 34.9 Å². The van der Waals surface area contributed by atoms with E-state index in [0.717, 1.165) is 22.3 Å². The molecule has 0 bridgehead atoms. The van der Waals surface area contributed by atoms with Crippen molar-refractivity contribution >= 4 is 5.57 Å². The Bertz CT molecular complexity index is 336. The van der Waals surface area contributed by atoms with Crippen LogP contribution in [0, 0.1) is 20.8 Å². The maximum atomic E-state index is 9.81. The molecule has 0 radical (unpaired) electrons. The van der Waals surface area contributed by atoms with Crippen LogP contribution in [0.25, 0.3) is 5.57 Å². The van der Waals surface area contributed by atoms with Crippen LogP contribution in [0.1, 0.15) is 29.2 Å². The van der Waals surface area contributed by atoms with Gasteiger partial charge in [-0.2, -0.15) is 0 Å². The van der Waals surface area contributed by atoms with Crippen LogP contribution in [0.3, 0.4) is 0 Å². The minimum Gasteiger partial charge on any atom is -0.507 e. The number of aryl methyl sites for hydroxylation is 2. The average Bonchev–Trinajstić information content (AvgIpc) is 2.01. The molecule has 1 nitrogen and oxygen atoms in total. The summed E-state index contributed by atoms with van der Waals surface area (Å²) in [4.78, 5) is 0. The maximum Gasteiger partial charge on any atom is 0.126 e. The van der Waals surface area contributed by atoms with Crippen molar-refractivity contribution in [3.63, 3.8) is 0 Å². The average molecular weight is 176 g/mol. The molecule has 0 saturated heterocycles. The lowest BCUT2D eigenvalue weighted by Crippen LogP contribution is -1.92. The Kier molecular flexibility index (Phi) is 2.46. The van der Waals surface area contributed by atoms with E-state index in [9.17, 15) is 5.11 Å². The van der Waals surface area contributed by atoms with E-state index in [2.05, 4.69) is 6.58 Å². The predicted octanol–water partition coefficient (Wildman–Crippen LogP) is 3.35. The lowest BCUT2D eigenvalue weighted by molar-refractivity contribution is 0.468. The Labute approximate surface area is 79.7 Å². The zero-order valence-corrected chi connectivity index (χ0v) is 8.73. The number of aromatic hydroxyl groups is 1. The minimum absolute atomic E-state index is 0.371. The van der Waals surface area contributed by atoms with Gasteiger partial charge in [-0.3, -0.25) is 0 Å². The SMILES string of the molecule is C=C(C)c1c(C)c(C)cc(C)c1O. The molecule has 0 fully saturated rings. The minimum atomic E-state index is 0.371. The first-order valence-electron chi connectivity index (χ1n) is 4.40. The van der Waals surface area contributed by atoms with E-state index in [0.29, 0.717) is 5.75 Å². The van der Waals surface area contributed by atoms with Gasteiger partial charge in [-0.05, 0) is 50.0 Å². The molecule has 0 unspecified atom stereocenters. The summed E-state index contributed by atoms with van der Waals surface area (Å²) in [5, 5.41) is 9.81. The van der Waals surface area contributed by atoms with Crippen LogP contribution in [-0.4, -0.2) is 5.11 Å². The smallest absolute Gasteiger partial charge is 0.126 e. The van der Waals surface area contributed by atoms with Crippen molar-refractivity contribution in [2.24, 2.45) is 0 Å². The highest BCUT2D eigenvalue weighted by molar-refractivity contribution is 5.72. The molecule has 1 heteroatoms. The summed E-state index contributed by atoms with van der Waals surface area (Å²) in [7, 11) is 0. The molecule has 70 valence electrons. The summed E-state index contributed by atoms with van der Waals surface area (Å²) in [6.07, 6.45) is 0. The van der Waals surface area contributed by atoms with Gasteiger partial charge in [-0.25, -0.2) is 0 Å². The Morgan fingerprint density at radius 1 is 1.23 bits per heavy atom. The van der Waals surface area contributed by atoms with Gasteiger partial charge in [0.2, 0.25) is 0 Å². The molecule has 0 amide bonds. The van der Waals surface area contributed by atoms with Crippen LogP contribution in [-0.2, 0) is 0 Å². The van der Waals surface area contributed by atoms with Crippen LogP contribution in [0.5, 0.6) is 5.75 Å². The molecule has 0 aromatic heterocycles. The van der Waals surface area contributed by atoms with Crippen molar-refractivity contribution in [3.8, 4) is 5.75 Å². The molecule has 13 heavy (non-hydrogen) atoms. The van der Waals surface area contributed by atoms with E-state index < -0.39 is 0 Å². The quantitative estimate of drug-likeness (QED) is 0.695. The lowest BCUT2D eigenvalue weighted by Gasteiger charge is -2.13. The number of phenolic OH excluding ortho intramolecular Hbond substituents is 1. The second kappa shape index (κ2) is 3.25. The summed E-state index contributed by atoms with van der Waals surface area (Å²) >= 11 is 0. The van der Waals surface area contributed by atoms with Gasteiger partial charge in [0.25, 0.3) is 0 Å². The number of hydrogen-bond acceptors (Lipinski definition) is 1. The molecule has 0 atom stereocenters. The molecule has 1 rings (SSSR count). The number of allylic oxidation sites excluding steroid dienone is 1. The van der Waals surface area contributed by atoms with Crippen LogP contribution in [0.4, 0.5) is 0 Å². The second-order valence-electron chi connectivity index (χ2n) is 3.64. The van der Waals surface area contributed by atoms with Gasteiger partial charge in [-0.15, -0.1) is 0 Å². The van der Waals surface area contributed by atoms with Crippen LogP contribution < -0.4 is 0 Å². The van der Waals surface area contributed by atoms with E-state index in [-0.39, 0.29) is 0 Å². The van der Waals surface area contributed by atoms with Crippen molar-refractivity contribution in [1.82, 2.24) is 0 Å². The van der Waals surface area contributed by atoms with E-state index in [4.69, 9.17) is 0 Å². The topological polar surface area (TPSA) is 20.2 Å². The van der Waals surface area contributed by atoms with Crippen molar-refractivity contribution in [2.75, 3.05) is 0 Å². The molecule has 1 aromatic rings. The Morgan fingerprint density at radius 3 is 2.23 bits per heavy atom. The van der Waals surface area contributed by atoms with E-state index >= 15 is 0 Å². The number of phenols is 1. The summed E-state index contributed by atoms with van der Waals surface area (Å²) in [6.45, 7) is 11.8. The monoisotopic (exact) mass is 176 g/mol. The molecular formula is C12H16O. The van der Waals surface area contributed by atoms with Crippen molar-refractivity contribution in [2.45, 2.75) is 27.7 Å². The third-order valence-electron chi connectivity index (χ3n) is 2.44. The number of benzene rings is 1. The standard InChI is InChI=1S/C12H16O/c1-7(2)11-10(5)8(3)6-9(4)12(11)13/h6,13H,1H2,2-5H3. The van der Waals surface area contributed by atoms with Gasteiger partial charge in [-0.1, -0.05) is 12.6 Å². The molecule has 1 N–H and O–H groups in total. The van der Waals surface area contributed by atoms with E-state index in [1.807, 2.05) is 33.8 Å². The fourth-order valence-corrected chi connectivity index (χ4v) is 1.60. The fraction of sp³-hybridized carbons (Fsp3) is 0.333. The van der Waals surface area contributed by atoms with Gasteiger partial charge in [0.1, 0.15) is 5.75 Å². The van der Waals surface area contributed by atoms with Crippen LogP contribution in [0.2, 0.25) is 0 Å². The zero-order valence-electron chi connectivity index (χ0n) is 8.73. The maximum absolute atomic E-state index is 9.81. The van der Waals surface area contributed by atoms with Gasteiger partial charge >= 0.3 is 0 Å². The first-order chi connectivity index (χ1) is 5.95. The fourth-order valence-electron chi connectivity index (χ4n) is 1.60. The lowest BCUT2D eigenvalue weighted by atomic mass is 9.95.